The Bertz CT molecular complexity index is 632. The Balaban J connectivity index is 0.00000320. The van der Waals surface area contributed by atoms with Crippen LogP contribution in [0.4, 0.5) is 0 Å². The highest BCUT2D eigenvalue weighted by molar-refractivity contribution is 14.0. The first kappa shape index (κ1) is 25.4. The van der Waals surface area contributed by atoms with E-state index in [0.29, 0.717) is 18.1 Å². The van der Waals surface area contributed by atoms with Crippen LogP contribution in [0.2, 0.25) is 0 Å². The smallest absolute Gasteiger partial charge is 0.191 e. The molecule has 2 fully saturated rings. The predicted octanol–water partition coefficient (Wildman–Crippen LogP) is 2.46. The van der Waals surface area contributed by atoms with Gasteiger partial charge in [-0.2, -0.15) is 0 Å². The number of nitrogens with one attached hydrogen (secondary N) is 2. The molecule has 3 atom stereocenters. The van der Waals surface area contributed by atoms with Crippen LogP contribution in [0.15, 0.2) is 35.3 Å². The molecule has 2 N–H and O–H groups in total. The number of nitrogens with zero attached hydrogens (tertiary/aromatic N) is 4. The molecule has 0 saturated carbocycles. The normalized spacial score (nSPS) is 25.0. The van der Waals surface area contributed by atoms with Gasteiger partial charge in [-0.3, -0.25) is 14.8 Å². The zero-order chi connectivity index (χ0) is 20.6. The highest BCUT2D eigenvalue weighted by Crippen LogP contribution is 2.20. The molecule has 0 spiro atoms. The molecule has 0 aliphatic carbocycles. The maximum absolute atomic E-state index is 4.93. The Morgan fingerprint density at radius 1 is 1.17 bits per heavy atom. The lowest BCUT2D eigenvalue weighted by molar-refractivity contribution is 0.122. The summed E-state index contributed by atoms with van der Waals surface area (Å²) in [5.41, 5.74) is 1.39. The van der Waals surface area contributed by atoms with E-state index in [1.165, 1.54) is 5.56 Å². The van der Waals surface area contributed by atoms with Crippen molar-refractivity contribution in [3.63, 3.8) is 0 Å². The lowest BCUT2D eigenvalue weighted by Gasteiger charge is -2.36. The number of hydrogen-bond acceptors (Lipinski definition) is 4. The van der Waals surface area contributed by atoms with Gasteiger partial charge in [-0.15, -0.1) is 24.0 Å². The Labute approximate surface area is 200 Å². The highest BCUT2D eigenvalue weighted by Gasteiger charge is 2.29. The fourth-order valence-corrected chi connectivity index (χ4v) is 4.36. The number of benzene rings is 1. The summed E-state index contributed by atoms with van der Waals surface area (Å²) in [5, 5.41) is 7.15. The van der Waals surface area contributed by atoms with Crippen LogP contribution >= 0.6 is 24.0 Å². The average molecular weight is 529 g/mol. The summed E-state index contributed by atoms with van der Waals surface area (Å²) >= 11 is 0. The van der Waals surface area contributed by atoms with Gasteiger partial charge in [0.05, 0.1) is 6.54 Å². The van der Waals surface area contributed by atoms with Crippen molar-refractivity contribution in [3.05, 3.63) is 35.9 Å². The van der Waals surface area contributed by atoms with Gasteiger partial charge in [-0.25, -0.2) is 0 Å². The second-order valence-electron chi connectivity index (χ2n) is 8.75. The van der Waals surface area contributed by atoms with Crippen molar-refractivity contribution >= 4 is 29.9 Å². The van der Waals surface area contributed by atoms with Gasteiger partial charge in [0.25, 0.3) is 0 Å². The van der Waals surface area contributed by atoms with Gasteiger partial charge < -0.3 is 15.5 Å². The Morgan fingerprint density at radius 3 is 2.53 bits per heavy atom. The summed E-state index contributed by atoms with van der Waals surface area (Å²) in [6, 6.07) is 12.3. The molecule has 0 bridgehead atoms. The Kier molecular flexibility index (Phi) is 10.8. The third-order valence-corrected chi connectivity index (χ3v) is 6.29. The standard InChI is InChI=1S/C23H40N6.HI/c1-5-24-23(25-16-20(3)28-13-11-27(4)12-14-28)26-22-15-19(2)29(18-22)17-21-9-7-6-8-10-21;/h6-10,19-20,22H,5,11-18H2,1-4H3,(H2,24,25,26);1H. The summed E-state index contributed by atoms with van der Waals surface area (Å²) in [7, 11) is 2.21. The molecule has 0 aromatic heterocycles. The summed E-state index contributed by atoms with van der Waals surface area (Å²) in [6.07, 6.45) is 1.16. The van der Waals surface area contributed by atoms with Gasteiger partial charge in [0.2, 0.25) is 0 Å². The number of piperazine rings is 1. The molecule has 30 heavy (non-hydrogen) atoms. The van der Waals surface area contributed by atoms with Crippen molar-refractivity contribution in [1.82, 2.24) is 25.3 Å². The number of halogens is 1. The fraction of sp³-hybridized carbons (Fsp3) is 0.696. The van der Waals surface area contributed by atoms with E-state index in [2.05, 4.69) is 83.5 Å². The lowest BCUT2D eigenvalue weighted by Crippen LogP contribution is -2.49. The van der Waals surface area contributed by atoms with E-state index in [1.807, 2.05) is 0 Å². The number of aliphatic imine (C=N–C) groups is 1. The van der Waals surface area contributed by atoms with E-state index in [1.54, 1.807) is 0 Å². The van der Waals surface area contributed by atoms with Crippen molar-refractivity contribution in [2.75, 3.05) is 52.9 Å². The molecule has 6 nitrogen and oxygen atoms in total. The van der Waals surface area contributed by atoms with Gasteiger partial charge in [0, 0.05) is 63.9 Å². The van der Waals surface area contributed by atoms with Gasteiger partial charge in [0.15, 0.2) is 5.96 Å². The van der Waals surface area contributed by atoms with Crippen LogP contribution in [0.25, 0.3) is 0 Å². The van der Waals surface area contributed by atoms with Crippen LogP contribution in [0.1, 0.15) is 32.8 Å². The van der Waals surface area contributed by atoms with Crippen molar-refractivity contribution in [3.8, 4) is 0 Å². The minimum absolute atomic E-state index is 0. The zero-order valence-corrected chi connectivity index (χ0v) is 21.5. The molecule has 0 radical (unpaired) electrons. The first-order valence-electron chi connectivity index (χ1n) is 11.3. The number of rotatable bonds is 7. The zero-order valence-electron chi connectivity index (χ0n) is 19.2. The maximum atomic E-state index is 4.93. The largest absolute Gasteiger partial charge is 0.357 e. The second-order valence-corrected chi connectivity index (χ2v) is 8.75. The molecule has 3 rings (SSSR count). The SMILES string of the molecule is CCNC(=NCC(C)N1CCN(C)CC1)NC1CC(C)N(Cc2ccccc2)C1.I. The minimum Gasteiger partial charge on any atom is -0.357 e. The molecule has 1 aromatic rings. The van der Waals surface area contributed by atoms with Crippen molar-refractivity contribution < 1.29 is 0 Å². The molecular formula is C23H41IN6. The van der Waals surface area contributed by atoms with Gasteiger partial charge in [0.1, 0.15) is 0 Å². The number of hydrogen-bond donors (Lipinski definition) is 2. The Hall–Kier alpha value is -0.900. The van der Waals surface area contributed by atoms with Crippen molar-refractivity contribution in [2.24, 2.45) is 4.99 Å². The lowest BCUT2D eigenvalue weighted by atomic mass is 10.2. The quantitative estimate of drug-likeness (QED) is 0.324. The molecule has 2 heterocycles. The monoisotopic (exact) mass is 528 g/mol. The molecule has 170 valence electrons. The molecule has 0 amide bonds. The summed E-state index contributed by atoms with van der Waals surface area (Å²) < 4.78 is 0. The van der Waals surface area contributed by atoms with Crippen LogP contribution in [0.5, 0.6) is 0 Å². The van der Waals surface area contributed by atoms with E-state index < -0.39 is 0 Å². The number of likely N-dealkylation sites (tertiary alicyclic amines) is 1. The summed E-state index contributed by atoms with van der Waals surface area (Å²) in [4.78, 5) is 12.5. The second kappa shape index (κ2) is 12.8. The van der Waals surface area contributed by atoms with Crippen LogP contribution in [0, 0.1) is 0 Å². The Morgan fingerprint density at radius 2 is 1.87 bits per heavy atom. The predicted molar refractivity (Wildman–Crippen MR) is 138 cm³/mol. The molecule has 7 heteroatoms. The highest BCUT2D eigenvalue weighted by atomic mass is 127. The molecule has 1 aromatic carbocycles. The van der Waals surface area contributed by atoms with E-state index in [9.17, 15) is 0 Å². The van der Waals surface area contributed by atoms with E-state index in [4.69, 9.17) is 4.99 Å². The number of likely N-dealkylation sites (N-methyl/N-ethyl adjacent to an activating group) is 1. The number of guanidine groups is 1. The average Bonchev–Trinajstić information content (AvgIpc) is 3.06. The topological polar surface area (TPSA) is 46.1 Å². The van der Waals surface area contributed by atoms with Crippen molar-refractivity contribution in [2.45, 2.75) is 51.9 Å². The van der Waals surface area contributed by atoms with E-state index in [-0.39, 0.29) is 24.0 Å². The first-order valence-corrected chi connectivity index (χ1v) is 11.3. The van der Waals surface area contributed by atoms with E-state index >= 15 is 0 Å². The molecule has 3 unspecified atom stereocenters. The van der Waals surface area contributed by atoms with Gasteiger partial charge in [-0.1, -0.05) is 30.3 Å². The first-order chi connectivity index (χ1) is 14.0. The van der Waals surface area contributed by atoms with Crippen LogP contribution in [0.3, 0.4) is 0 Å². The maximum Gasteiger partial charge on any atom is 0.191 e. The van der Waals surface area contributed by atoms with Crippen molar-refractivity contribution in [1.29, 1.82) is 0 Å². The molecular weight excluding hydrogens is 487 g/mol. The van der Waals surface area contributed by atoms with E-state index in [0.717, 1.165) is 64.7 Å². The summed E-state index contributed by atoms with van der Waals surface area (Å²) in [5.74, 6) is 0.965. The van der Waals surface area contributed by atoms with Crippen LogP contribution in [-0.4, -0.2) is 91.6 Å². The van der Waals surface area contributed by atoms with Gasteiger partial charge >= 0.3 is 0 Å². The van der Waals surface area contributed by atoms with Gasteiger partial charge in [-0.05, 0) is 39.8 Å². The molecule has 2 aliphatic rings. The third-order valence-electron chi connectivity index (χ3n) is 6.29. The third kappa shape index (κ3) is 7.66. The molecule has 2 aliphatic heterocycles. The minimum atomic E-state index is 0. The fourth-order valence-electron chi connectivity index (χ4n) is 4.36. The molecule has 2 saturated heterocycles. The van der Waals surface area contributed by atoms with Crippen LogP contribution in [-0.2, 0) is 6.54 Å². The van der Waals surface area contributed by atoms with Crippen LogP contribution < -0.4 is 10.6 Å². The summed E-state index contributed by atoms with van der Waals surface area (Å²) in [6.45, 7) is 15.2.